The number of allylic oxidation sites excluding steroid dienone is 2. The summed E-state index contributed by atoms with van der Waals surface area (Å²) >= 11 is 1.26. The molecule has 1 aromatic rings. The van der Waals surface area contributed by atoms with E-state index in [1.165, 1.54) is 28.9 Å². The Labute approximate surface area is 216 Å². The number of imide groups is 1. The lowest BCUT2D eigenvalue weighted by Gasteiger charge is -2.40. The first kappa shape index (κ1) is 25.2. The van der Waals surface area contributed by atoms with Gasteiger partial charge in [0.25, 0.3) is 0 Å². The molecule has 0 bridgehead atoms. The highest BCUT2D eigenvalue weighted by molar-refractivity contribution is 7.15. The van der Waals surface area contributed by atoms with Crippen LogP contribution in [0, 0.1) is 23.7 Å². The number of hydrogen-bond donors (Lipinski definition) is 1. The van der Waals surface area contributed by atoms with Gasteiger partial charge in [0.1, 0.15) is 4.88 Å². The van der Waals surface area contributed by atoms with E-state index in [1.807, 2.05) is 6.07 Å². The summed E-state index contributed by atoms with van der Waals surface area (Å²) in [5.41, 5.74) is 1.65. The number of anilines is 1. The number of carbonyl (C=O) groups is 4. The number of carbonyl (C=O) groups excluding carboxylic acids is 3. The van der Waals surface area contributed by atoms with Crippen molar-refractivity contribution < 1.29 is 24.3 Å². The second-order valence-corrected chi connectivity index (χ2v) is 12.2. The molecule has 194 valence electrons. The fourth-order valence-corrected chi connectivity index (χ4v) is 7.75. The number of likely N-dealkylation sites (tertiary alicyclic amines) is 1. The third-order valence-electron chi connectivity index (χ3n) is 8.86. The topological polar surface area (TPSA) is 95.0 Å². The highest BCUT2D eigenvalue weighted by Crippen LogP contribution is 2.45. The maximum atomic E-state index is 14.1. The van der Waals surface area contributed by atoms with Gasteiger partial charge in [0.05, 0.1) is 17.5 Å². The van der Waals surface area contributed by atoms with Crippen LogP contribution in [0.5, 0.6) is 0 Å². The van der Waals surface area contributed by atoms with Gasteiger partial charge in [-0.3, -0.25) is 19.3 Å². The molecule has 3 atom stereocenters. The summed E-state index contributed by atoms with van der Waals surface area (Å²) in [5.74, 6) is -1.64. The van der Waals surface area contributed by atoms with Crippen molar-refractivity contribution in [2.45, 2.75) is 83.6 Å². The van der Waals surface area contributed by atoms with Crippen LogP contribution in [0.4, 0.5) is 5.69 Å². The molecule has 3 fully saturated rings. The maximum Gasteiger partial charge on any atom is 0.348 e. The predicted molar refractivity (Wildman–Crippen MR) is 139 cm³/mol. The van der Waals surface area contributed by atoms with Crippen LogP contribution in [0.25, 0.3) is 5.57 Å². The highest BCUT2D eigenvalue weighted by atomic mass is 32.1. The fraction of sp³-hybridized carbons (Fsp3) is 0.643. The largest absolute Gasteiger partial charge is 0.477 e. The molecule has 2 saturated carbocycles. The molecule has 2 heterocycles. The number of rotatable bonds is 5. The second-order valence-electron chi connectivity index (χ2n) is 11.2. The smallest absolute Gasteiger partial charge is 0.348 e. The zero-order valence-corrected chi connectivity index (χ0v) is 22.0. The minimum atomic E-state index is -1.02. The summed E-state index contributed by atoms with van der Waals surface area (Å²) in [7, 11) is 1.54. The first-order valence-electron chi connectivity index (χ1n) is 13.5. The molecule has 1 saturated heterocycles. The van der Waals surface area contributed by atoms with Gasteiger partial charge in [0.15, 0.2) is 0 Å². The van der Waals surface area contributed by atoms with Crippen molar-refractivity contribution >= 4 is 46.3 Å². The molecule has 0 aromatic carbocycles. The normalized spacial score (nSPS) is 30.7. The average Bonchev–Trinajstić information content (AvgIpc) is 3.41. The van der Waals surface area contributed by atoms with Gasteiger partial charge >= 0.3 is 5.97 Å². The Balaban J connectivity index is 1.53. The summed E-state index contributed by atoms with van der Waals surface area (Å²) in [5, 5.41) is 10.2. The molecule has 36 heavy (non-hydrogen) atoms. The number of thiophene rings is 1. The molecule has 7 nitrogen and oxygen atoms in total. The van der Waals surface area contributed by atoms with Crippen molar-refractivity contribution in [3.05, 3.63) is 21.9 Å². The minimum absolute atomic E-state index is 0.0139. The van der Waals surface area contributed by atoms with Crippen LogP contribution in [0.2, 0.25) is 0 Å². The van der Waals surface area contributed by atoms with E-state index < -0.39 is 11.9 Å². The van der Waals surface area contributed by atoms with Crippen molar-refractivity contribution in [1.82, 2.24) is 4.90 Å². The Morgan fingerprint density at radius 3 is 2.42 bits per heavy atom. The Bertz CT molecular complexity index is 1100. The molecule has 4 aliphatic rings. The van der Waals surface area contributed by atoms with E-state index in [4.69, 9.17) is 0 Å². The number of carboxylic acids is 1. The summed E-state index contributed by atoms with van der Waals surface area (Å²) in [4.78, 5) is 56.1. The Kier molecular flexibility index (Phi) is 7.07. The summed E-state index contributed by atoms with van der Waals surface area (Å²) in [6, 6.07) is 1.62. The molecule has 1 N–H and O–H groups in total. The number of carboxylic acid groups (broad SMARTS) is 1. The molecule has 8 heteroatoms. The zero-order valence-electron chi connectivity index (χ0n) is 21.2. The van der Waals surface area contributed by atoms with Gasteiger partial charge in [-0.05, 0) is 88.2 Å². The molecule has 0 radical (unpaired) electrons. The van der Waals surface area contributed by atoms with Gasteiger partial charge in [0.2, 0.25) is 17.7 Å². The molecule has 3 aliphatic carbocycles. The molecule has 3 amide bonds. The van der Waals surface area contributed by atoms with Crippen LogP contribution >= 0.6 is 11.3 Å². The third kappa shape index (κ3) is 4.53. The van der Waals surface area contributed by atoms with Crippen molar-refractivity contribution in [2.24, 2.45) is 23.7 Å². The van der Waals surface area contributed by atoms with E-state index >= 15 is 0 Å². The lowest BCUT2D eigenvalue weighted by Crippen LogP contribution is -2.48. The lowest BCUT2D eigenvalue weighted by molar-refractivity contribution is -0.138. The lowest BCUT2D eigenvalue weighted by atomic mass is 9.77. The fourth-order valence-electron chi connectivity index (χ4n) is 6.69. The van der Waals surface area contributed by atoms with E-state index in [2.05, 4.69) is 13.0 Å². The molecule has 5 rings (SSSR count). The Morgan fingerprint density at radius 1 is 1.03 bits per heavy atom. The van der Waals surface area contributed by atoms with Crippen LogP contribution < -0.4 is 4.90 Å². The first-order chi connectivity index (χ1) is 17.3. The van der Waals surface area contributed by atoms with E-state index in [0.29, 0.717) is 30.9 Å². The SMILES string of the molecule is CC1CCC(C(=O)N(c2cc(C3=CCCCC3)sc2C(=O)O)C2CCC3C(=O)N(C)C(=O)C3C2)CC1. The number of aromatic carboxylic acids is 1. The van der Waals surface area contributed by atoms with Crippen LogP contribution in [0.15, 0.2) is 12.1 Å². The molecular formula is C28H36N2O5S. The standard InChI is InChI=1S/C28H36N2O5S/c1-16-8-10-18(11-9-16)25(31)30(19-12-13-20-21(14-19)27(33)29(2)26(20)32)22-15-23(36-24(22)28(34)35)17-6-4-3-5-7-17/h6,15-16,18-21H,3-5,7-14H2,1-2H3,(H,34,35). The van der Waals surface area contributed by atoms with Crippen molar-refractivity contribution in [2.75, 3.05) is 11.9 Å². The number of amides is 3. The second kappa shape index (κ2) is 10.1. The van der Waals surface area contributed by atoms with E-state index in [0.717, 1.165) is 56.2 Å². The van der Waals surface area contributed by atoms with Gasteiger partial charge in [0, 0.05) is 23.9 Å². The van der Waals surface area contributed by atoms with Crippen LogP contribution in [0.3, 0.4) is 0 Å². The average molecular weight is 513 g/mol. The monoisotopic (exact) mass is 512 g/mol. The summed E-state index contributed by atoms with van der Waals surface area (Å²) in [6.45, 7) is 2.21. The van der Waals surface area contributed by atoms with Gasteiger partial charge in [-0.15, -0.1) is 11.3 Å². The highest BCUT2D eigenvalue weighted by Gasteiger charge is 2.50. The van der Waals surface area contributed by atoms with Gasteiger partial charge in [-0.2, -0.15) is 0 Å². The third-order valence-corrected chi connectivity index (χ3v) is 10.0. The Morgan fingerprint density at radius 2 is 1.75 bits per heavy atom. The van der Waals surface area contributed by atoms with E-state index in [1.54, 1.807) is 4.90 Å². The summed E-state index contributed by atoms with van der Waals surface area (Å²) < 4.78 is 0. The van der Waals surface area contributed by atoms with Crippen LogP contribution in [-0.4, -0.2) is 46.8 Å². The number of hydrogen-bond acceptors (Lipinski definition) is 5. The maximum absolute atomic E-state index is 14.1. The number of fused-ring (bicyclic) bond motifs is 1. The molecule has 1 aliphatic heterocycles. The van der Waals surface area contributed by atoms with Crippen molar-refractivity contribution in [3.8, 4) is 0 Å². The predicted octanol–water partition coefficient (Wildman–Crippen LogP) is 5.35. The van der Waals surface area contributed by atoms with Gasteiger partial charge < -0.3 is 10.0 Å². The molecular weight excluding hydrogens is 476 g/mol. The molecule has 1 aromatic heterocycles. The zero-order chi connectivity index (χ0) is 25.6. The quantitative estimate of drug-likeness (QED) is 0.537. The van der Waals surface area contributed by atoms with E-state index in [-0.39, 0.29) is 40.5 Å². The van der Waals surface area contributed by atoms with Gasteiger partial charge in [-0.1, -0.05) is 13.0 Å². The van der Waals surface area contributed by atoms with E-state index in [9.17, 15) is 24.3 Å². The minimum Gasteiger partial charge on any atom is -0.477 e. The van der Waals surface area contributed by atoms with Crippen LogP contribution in [-0.2, 0) is 14.4 Å². The number of nitrogens with zero attached hydrogens (tertiary/aromatic N) is 2. The first-order valence-corrected chi connectivity index (χ1v) is 14.3. The van der Waals surface area contributed by atoms with Crippen molar-refractivity contribution in [1.29, 1.82) is 0 Å². The summed E-state index contributed by atoms with van der Waals surface area (Å²) in [6.07, 6.45) is 11.5. The van der Waals surface area contributed by atoms with Crippen molar-refractivity contribution in [3.63, 3.8) is 0 Å². The molecule has 0 spiro atoms. The Hall–Kier alpha value is -2.48. The molecule has 3 unspecified atom stereocenters. The van der Waals surface area contributed by atoms with Crippen LogP contribution in [0.1, 0.15) is 92.1 Å². The van der Waals surface area contributed by atoms with Gasteiger partial charge in [-0.25, -0.2) is 4.79 Å².